The molecule has 6 heteroatoms. The van der Waals surface area contributed by atoms with Gasteiger partial charge in [0.25, 0.3) is 5.91 Å². The maximum absolute atomic E-state index is 13.7. The van der Waals surface area contributed by atoms with E-state index in [1.807, 2.05) is 12.1 Å². The molecule has 0 atom stereocenters. The quantitative estimate of drug-likeness (QED) is 0.859. The smallest absolute Gasteiger partial charge is 0.261 e. The third kappa shape index (κ3) is 2.76. The molecule has 0 spiro atoms. The monoisotopic (exact) mass is 352 g/mol. The van der Waals surface area contributed by atoms with Crippen molar-refractivity contribution in [1.82, 2.24) is 0 Å². The fraction of sp³-hybridized carbons (Fsp3) is 0.133. The number of fused-ring (bicyclic) bond motifs is 1. The molecule has 0 saturated carbocycles. The van der Waals surface area contributed by atoms with Gasteiger partial charge in [0.2, 0.25) is 0 Å². The highest BCUT2D eigenvalue weighted by Gasteiger charge is 2.19. The second-order valence-corrected chi connectivity index (χ2v) is 5.66. The highest BCUT2D eigenvalue weighted by molar-refractivity contribution is 9.10. The number of carbonyl (C=O) groups is 1. The first kappa shape index (κ1) is 14.0. The van der Waals surface area contributed by atoms with Crippen molar-refractivity contribution in [2.24, 2.45) is 0 Å². The number of carbonyl (C=O) groups excluding carboxylic acids is 1. The van der Waals surface area contributed by atoms with Crippen LogP contribution in [-0.2, 0) is 6.42 Å². The summed E-state index contributed by atoms with van der Waals surface area (Å²) in [5.41, 5.74) is 2.03. The highest BCUT2D eigenvalue weighted by atomic mass is 79.9. The molecule has 2 N–H and O–H groups in total. The molecular formula is C15H11BrF2N2O. The molecule has 0 fully saturated rings. The summed E-state index contributed by atoms with van der Waals surface area (Å²) in [5.74, 6) is -2.60. The van der Waals surface area contributed by atoms with Crippen LogP contribution >= 0.6 is 15.9 Å². The van der Waals surface area contributed by atoms with E-state index in [1.165, 1.54) is 0 Å². The Bertz CT molecular complexity index is 711. The fourth-order valence-corrected chi connectivity index (χ4v) is 2.74. The van der Waals surface area contributed by atoms with E-state index < -0.39 is 23.1 Å². The van der Waals surface area contributed by atoms with Gasteiger partial charge in [-0.25, -0.2) is 8.78 Å². The average molecular weight is 353 g/mol. The van der Waals surface area contributed by atoms with Crippen LogP contribution in [0.25, 0.3) is 0 Å². The Labute approximate surface area is 128 Å². The molecule has 0 bridgehead atoms. The molecule has 21 heavy (non-hydrogen) atoms. The zero-order valence-electron chi connectivity index (χ0n) is 10.8. The van der Waals surface area contributed by atoms with E-state index >= 15 is 0 Å². The van der Waals surface area contributed by atoms with Gasteiger partial charge in [0.1, 0.15) is 17.2 Å². The van der Waals surface area contributed by atoms with Crippen molar-refractivity contribution in [1.29, 1.82) is 0 Å². The molecule has 1 aliphatic heterocycles. The Balaban J connectivity index is 1.87. The number of anilines is 2. The van der Waals surface area contributed by atoms with Gasteiger partial charge < -0.3 is 10.6 Å². The van der Waals surface area contributed by atoms with Gasteiger partial charge in [-0.05, 0) is 42.3 Å². The van der Waals surface area contributed by atoms with Gasteiger partial charge in [0, 0.05) is 22.4 Å². The van der Waals surface area contributed by atoms with Gasteiger partial charge in [0.15, 0.2) is 0 Å². The van der Waals surface area contributed by atoms with Crippen molar-refractivity contribution in [3.8, 4) is 0 Å². The minimum atomic E-state index is -0.901. The first-order valence-electron chi connectivity index (χ1n) is 6.37. The van der Waals surface area contributed by atoms with E-state index in [4.69, 9.17) is 0 Å². The molecule has 2 aromatic rings. The Morgan fingerprint density at radius 3 is 2.62 bits per heavy atom. The molecule has 0 saturated heterocycles. The van der Waals surface area contributed by atoms with Crippen LogP contribution in [0.4, 0.5) is 20.2 Å². The molecule has 3 rings (SSSR count). The summed E-state index contributed by atoms with van der Waals surface area (Å²) in [6, 6.07) is 7.47. The van der Waals surface area contributed by atoms with Crippen LogP contribution in [0.3, 0.4) is 0 Å². The number of hydrogen-bond donors (Lipinski definition) is 2. The highest BCUT2D eigenvalue weighted by Crippen LogP contribution is 2.26. The van der Waals surface area contributed by atoms with Gasteiger partial charge in [-0.2, -0.15) is 0 Å². The van der Waals surface area contributed by atoms with E-state index in [0.29, 0.717) is 5.69 Å². The minimum absolute atomic E-state index is 0.248. The van der Waals surface area contributed by atoms with Crippen LogP contribution in [-0.4, -0.2) is 12.5 Å². The van der Waals surface area contributed by atoms with Gasteiger partial charge in [-0.15, -0.1) is 0 Å². The van der Waals surface area contributed by atoms with Gasteiger partial charge in [-0.1, -0.05) is 15.9 Å². The number of nitrogens with one attached hydrogen (secondary N) is 2. The van der Waals surface area contributed by atoms with E-state index in [1.54, 1.807) is 6.07 Å². The van der Waals surface area contributed by atoms with Crippen LogP contribution < -0.4 is 10.6 Å². The van der Waals surface area contributed by atoms with E-state index in [9.17, 15) is 13.6 Å². The van der Waals surface area contributed by atoms with Crippen LogP contribution in [0, 0.1) is 11.6 Å². The Morgan fingerprint density at radius 1 is 1.19 bits per heavy atom. The van der Waals surface area contributed by atoms with Crippen molar-refractivity contribution >= 4 is 33.2 Å². The van der Waals surface area contributed by atoms with E-state index in [2.05, 4.69) is 26.6 Å². The van der Waals surface area contributed by atoms with Crippen LogP contribution in [0.2, 0.25) is 0 Å². The molecule has 3 nitrogen and oxygen atoms in total. The Hall–Kier alpha value is -1.95. The first-order valence-corrected chi connectivity index (χ1v) is 7.16. The molecule has 0 aromatic heterocycles. The summed E-state index contributed by atoms with van der Waals surface area (Å²) >= 11 is 2.98. The molecular weight excluding hydrogens is 342 g/mol. The normalized spacial score (nSPS) is 12.7. The Kier molecular flexibility index (Phi) is 3.63. The summed E-state index contributed by atoms with van der Waals surface area (Å²) in [5, 5.41) is 5.73. The molecule has 1 amide bonds. The third-order valence-electron chi connectivity index (χ3n) is 3.31. The SMILES string of the molecule is O=C(Nc1ccc2c(c1)CCN2)c1c(F)cc(Br)cc1F. The largest absolute Gasteiger partial charge is 0.384 e. The maximum atomic E-state index is 13.7. The predicted molar refractivity (Wildman–Crippen MR) is 80.6 cm³/mol. The summed E-state index contributed by atoms with van der Waals surface area (Å²) in [4.78, 5) is 12.0. The number of benzene rings is 2. The zero-order chi connectivity index (χ0) is 15.0. The third-order valence-corrected chi connectivity index (χ3v) is 3.76. The summed E-state index contributed by atoms with van der Waals surface area (Å²) in [6.07, 6.45) is 0.861. The molecule has 108 valence electrons. The second-order valence-electron chi connectivity index (χ2n) is 4.75. The van der Waals surface area contributed by atoms with Gasteiger partial charge in [-0.3, -0.25) is 4.79 Å². The minimum Gasteiger partial charge on any atom is -0.384 e. The standard InChI is InChI=1S/C15H11BrF2N2O/c16-9-6-11(17)14(12(18)7-9)15(21)20-10-1-2-13-8(5-10)3-4-19-13/h1-2,5-7,19H,3-4H2,(H,20,21). The number of amides is 1. The average Bonchev–Trinajstić information content (AvgIpc) is 2.84. The Morgan fingerprint density at radius 2 is 1.90 bits per heavy atom. The van der Waals surface area contributed by atoms with Crippen LogP contribution in [0.1, 0.15) is 15.9 Å². The topological polar surface area (TPSA) is 41.1 Å². The first-order chi connectivity index (χ1) is 10.0. The molecule has 1 aliphatic rings. The number of rotatable bonds is 2. The van der Waals surface area contributed by atoms with Gasteiger partial charge >= 0.3 is 0 Å². The number of halogens is 3. The van der Waals surface area contributed by atoms with Crippen molar-refractivity contribution in [2.45, 2.75) is 6.42 Å². The lowest BCUT2D eigenvalue weighted by Gasteiger charge is -2.09. The molecule has 0 aliphatic carbocycles. The molecule has 2 aromatic carbocycles. The maximum Gasteiger partial charge on any atom is 0.261 e. The number of hydrogen-bond acceptors (Lipinski definition) is 2. The van der Waals surface area contributed by atoms with E-state index in [0.717, 1.165) is 36.3 Å². The van der Waals surface area contributed by atoms with Crippen LogP contribution in [0.5, 0.6) is 0 Å². The van der Waals surface area contributed by atoms with E-state index in [-0.39, 0.29) is 4.47 Å². The van der Waals surface area contributed by atoms with Crippen molar-refractivity contribution in [2.75, 3.05) is 17.2 Å². The van der Waals surface area contributed by atoms with Gasteiger partial charge in [0.05, 0.1) is 0 Å². The molecule has 0 unspecified atom stereocenters. The van der Waals surface area contributed by atoms with Crippen molar-refractivity contribution in [3.63, 3.8) is 0 Å². The summed E-state index contributed by atoms with van der Waals surface area (Å²) in [7, 11) is 0. The van der Waals surface area contributed by atoms with Crippen molar-refractivity contribution < 1.29 is 13.6 Å². The molecule has 1 heterocycles. The predicted octanol–water partition coefficient (Wildman–Crippen LogP) is 3.95. The van der Waals surface area contributed by atoms with Crippen molar-refractivity contribution in [3.05, 3.63) is 57.6 Å². The summed E-state index contributed by atoms with van der Waals surface area (Å²) < 4.78 is 27.7. The van der Waals surface area contributed by atoms with Crippen LogP contribution in [0.15, 0.2) is 34.8 Å². The fourth-order valence-electron chi connectivity index (χ4n) is 2.34. The summed E-state index contributed by atoms with van der Waals surface area (Å²) in [6.45, 7) is 0.850. The lowest BCUT2D eigenvalue weighted by Crippen LogP contribution is -2.16. The zero-order valence-corrected chi connectivity index (χ0v) is 12.4. The second kappa shape index (κ2) is 5.44. The molecule has 0 radical (unpaired) electrons. The lowest BCUT2D eigenvalue weighted by atomic mass is 10.1. The lowest BCUT2D eigenvalue weighted by molar-refractivity contribution is 0.101.